The molecule has 1 heterocycles. The zero-order valence-electron chi connectivity index (χ0n) is 11.9. The highest BCUT2D eigenvalue weighted by Gasteiger charge is 2.21. The van der Waals surface area contributed by atoms with E-state index in [0.717, 1.165) is 37.4 Å². The molecule has 1 fully saturated rings. The molecule has 2 rings (SSSR count). The Hall–Kier alpha value is -1.13. The van der Waals surface area contributed by atoms with Gasteiger partial charge in [0.15, 0.2) is 0 Å². The van der Waals surface area contributed by atoms with E-state index in [-0.39, 0.29) is 5.82 Å². The molecule has 1 saturated heterocycles. The van der Waals surface area contributed by atoms with Crippen LogP contribution in [0.1, 0.15) is 25.8 Å². The van der Waals surface area contributed by atoms with E-state index in [0.29, 0.717) is 12.6 Å². The summed E-state index contributed by atoms with van der Waals surface area (Å²) in [4.78, 5) is 4.84. The summed E-state index contributed by atoms with van der Waals surface area (Å²) in [5.74, 6) is -0.206. The summed E-state index contributed by atoms with van der Waals surface area (Å²) in [6.07, 6.45) is 1.19. The molecule has 0 amide bonds. The van der Waals surface area contributed by atoms with Gasteiger partial charge in [-0.15, -0.1) is 0 Å². The molecule has 3 nitrogen and oxygen atoms in total. The first-order valence-electron chi connectivity index (χ1n) is 7.13. The fourth-order valence-electron chi connectivity index (χ4n) is 2.69. The van der Waals surface area contributed by atoms with Gasteiger partial charge in [-0.1, -0.05) is 6.92 Å². The maximum absolute atomic E-state index is 13.2. The normalized spacial score (nSPS) is 18.6. The predicted molar refractivity (Wildman–Crippen MR) is 77.8 cm³/mol. The Bertz CT molecular complexity index is 414. The summed E-state index contributed by atoms with van der Waals surface area (Å²) in [6, 6.07) is 5.58. The van der Waals surface area contributed by atoms with Crippen LogP contribution in [-0.4, -0.2) is 37.1 Å². The molecule has 1 aromatic rings. The molecule has 0 spiro atoms. The quantitative estimate of drug-likeness (QED) is 0.906. The number of nitrogens with zero attached hydrogens (tertiary/aromatic N) is 2. The standard InChI is InChI=1S/C15H24FN3/c1-3-12(2)18-6-8-19(9-7-18)15-5-4-14(16)10-13(15)11-17/h4-5,10,12H,3,6-9,11,17H2,1-2H3. The molecule has 0 radical (unpaired) electrons. The molecule has 0 saturated carbocycles. The Morgan fingerprint density at radius 3 is 2.53 bits per heavy atom. The van der Waals surface area contributed by atoms with Gasteiger partial charge < -0.3 is 10.6 Å². The van der Waals surface area contributed by atoms with E-state index in [1.807, 2.05) is 6.07 Å². The second kappa shape index (κ2) is 6.35. The van der Waals surface area contributed by atoms with Gasteiger partial charge in [0.2, 0.25) is 0 Å². The van der Waals surface area contributed by atoms with Crippen LogP contribution >= 0.6 is 0 Å². The van der Waals surface area contributed by atoms with Crippen molar-refractivity contribution in [2.75, 3.05) is 31.1 Å². The largest absolute Gasteiger partial charge is 0.369 e. The maximum Gasteiger partial charge on any atom is 0.123 e. The predicted octanol–water partition coefficient (Wildman–Crippen LogP) is 2.20. The molecule has 1 unspecified atom stereocenters. The van der Waals surface area contributed by atoms with Crippen LogP contribution in [0.15, 0.2) is 18.2 Å². The number of hydrogen-bond acceptors (Lipinski definition) is 3. The van der Waals surface area contributed by atoms with Gasteiger partial charge in [-0.3, -0.25) is 4.90 Å². The molecule has 106 valence electrons. The molecule has 19 heavy (non-hydrogen) atoms. The van der Waals surface area contributed by atoms with Gasteiger partial charge in [-0.25, -0.2) is 4.39 Å². The Labute approximate surface area is 115 Å². The lowest BCUT2D eigenvalue weighted by atomic mass is 10.1. The summed E-state index contributed by atoms with van der Waals surface area (Å²) in [7, 11) is 0. The minimum Gasteiger partial charge on any atom is -0.369 e. The number of piperazine rings is 1. The maximum atomic E-state index is 13.2. The van der Waals surface area contributed by atoms with Crippen LogP contribution in [0, 0.1) is 5.82 Å². The first-order chi connectivity index (χ1) is 9.15. The molecule has 1 atom stereocenters. The fraction of sp³-hybridized carbons (Fsp3) is 0.600. The summed E-state index contributed by atoms with van der Waals surface area (Å²) in [5.41, 5.74) is 7.71. The second-order valence-corrected chi connectivity index (χ2v) is 5.26. The average molecular weight is 265 g/mol. The fourth-order valence-corrected chi connectivity index (χ4v) is 2.69. The minimum absolute atomic E-state index is 0.206. The number of benzene rings is 1. The topological polar surface area (TPSA) is 32.5 Å². The first kappa shape index (κ1) is 14.3. The Morgan fingerprint density at radius 1 is 1.26 bits per heavy atom. The molecule has 0 bridgehead atoms. The van der Waals surface area contributed by atoms with Crippen LogP contribution in [0.5, 0.6) is 0 Å². The Morgan fingerprint density at radius 2 is 1.95 bits per heavy atom. The third kappa shape index (κ3) is 3.25. The lowest BCUT2D eigenvalue weighted by Gasteiger charge is -2.39. The van der Waals surface area contributed by atoms with Gasteiger partial charge in [-0.05, 0) is 37.1 Å². The smallest absolute Gasteiger partial charge is 0.123 e. The highest BCUT2D eigenvalue weighted by atomic mass is 19.1. The summed E-state index contributed by atoms with van der Waals surface area (Å²) >= 11 is 0. The van der Waals surface area contributed by atoms with E-state index in [1.54, 1.807) is 6.07 Å². The SMILES string of the molecule is CCC(C)N1CCN(c2ccc(F)cc2CN)CC1. The van der Waals surface area contributed by atoms with Crippen molar-refractivity contribution in [2.45, 2.75) is 32.9 Å². The van der Waals surface area contributed by atoms with Crippen molar-refractivity contribution in [3.63, 3.8) is 0 Å². The van der Waals surface area contributed by atoms with Crippen molar-refractivity contribution < 1.29 is 4.39 Å². The minimum atomic E-state index is -0.206. The number of rotatable bonds is 4. The van der Waals surface area contributed by atoms with Crippen molar-refractivity contribution in [2.24, 2.45) is 5.73 Å². The summed E-state index contributed by atoms with van der Waals surface area (Å²) in [6.45, 7) is 9.00. The first-order valence-corrected chi connectivity index (χ1v) is 7.13. The lowest BCUT2D eigenvalue weighted by Crippen LogP contribution is -2.49. The van der Waals surface area contributed by atoms with Crippen molar-refractivity contribution in [1.29, 1.82) is 0 Å². The van der Waals surface area contributed by atoms with Gasteiger partial charge in [0, 0.05) is 44.5 Å². The highest BCUT2D eigenvalue weighted by molar-refractivity contribution is 5.54. The van der Waals surface area contributed by atoms with E-state index in [9.17, 15) is 4.39 Å². The molecule has 1 aliphatic heterocycles. The number of nitrogens with two attached hydrogens (primary N) is 1. The van der Waals surface area contributed by atoms with Gasteiger partial charge >= 0.3 is 0 Å². The van der Waals surface area contributed by atoms with Crippen LogP contribution in [0.3, 0.4) is 0 Å². The second-order valence-electron chi connectivity index (χ2n) is 5.26. The van der Waals surface area contributed by atoms with Crippen LogP contribution in [0.2, 0.25) is 0 Å². The number of hydrogen-bond donors (Lipinski definition) is 1. The molecular formula is C15H24FN3. The lowest BCUT2D eigenvalue weighted by molar-refractivity contribution is 0.192. The van der Waals surface area contributed by atoms with E-state index in [1.165, 1.54) is 12.5 Å². The van der Waals surface area contributed by atoms with E-state index >= 15 is 0 Å². The highest BCUT2D eigenvalue weighted by Crippen LogP contribution is 2.23. The zero-order chi connectivity index (χ0) is 13.8. The van der Waals surface area contributed by atoms with Gasteiger partial charge in [0.05, 0.1) is 0 Å². The van der Waals surface area contributed by atoms with Gasteiger partial charge in [-0.2, -0.15) is 0 Å². The van der Waals surface area contributed by atoms with Crippen molar-refractivity contribution in [1.82, 2.24) is 4.90 Å². The average Bonchev–Trinajstić information content (AvgIpc) is 2.46. The van der Waals surface area contributed by atoms with E-state index in [4.69, 9.17) is 5.73 Å². The van der Waals surface area contributed by atoms with E-state index < -0.39 is 0 Å². The summed E-state index contributed by atoms with van der Waals surface area (Å²) in [5, 5.41) is 0. The molecule has 4 heteroatoms. The van der Waals surface area contributed by atoms with Gasteiger partial charge in [0.1, 0.15) is 5.82 Å². The zero-order valence-corrected chi connectivity index (χ0v) is 11.9. The third-order valence-corrected chi connectivity index (χ3v) is 4.13. The Balaban J connectivity index is 2.05. The molecule has 0 aliphatic carbocycles. The van der Waals surface area contributed by atoms with Crippen LogP contribution in [0.25, 0.3) is 0 Å². The number of halogens is 1. The molecular weight excluding hydrogens is 241 g/mol. The summed E-state index contributed by atoms with van der Waals surface area (Å²) < 4.78 is 13.2. The van der Waals surface area contributed by atoms with Crippen molar-refractivity contribution in [3.05, 3.63) is 29.6 Å². The Kier molecular flexibility index (Phi) is 4.77. The van der Waals surface area contributed by atoms with E-state index in [2.05, 4.69) is 23.6 Å². The third-order valence-electron chi connectivity index (χ3n) is 4.13. The number of anilines is 1. The molecule has 1 aliphatic rings. The van der Waals surface area contributed by atoms with Crippen LogP contribution < -0.4 is 10.6 Å². The molecule has 0 aromatic heterocycles. The van der Waals surface area contributed by atoms with Gasteiger partial charge in [0.25, 0.3) is 0 Å². The van der Waals surface area contributed by atoms with Crippen LogP contribution in [-0.2, 0) is 6.54 Å². The van der Waals surface area contributed by atoms with Crippen molar-refractivity contribution in [3.8, 4) is 0 Å². The monoisotopic (exact) mass is 265 g/mol. The van der Waals surface area contributed by atoms with Crippen molar-refractivity contribution >= 4 is 5.69 Å². The molecule has 1 aromatic carbocycles. The molecule has 2 N–H and O–H groups in total. The van der Waals surface area contributed by atoms with Crippen LogP contribution in [0.4, 0.5) is 10.1 Å².